The second-order valence-electron chi connectivity index (χ2n) is 5.20. The smallest absolute Gasteiger partial charge is 0.312 e. The molecule has 0 aromatic rings. The van der Waals surface area contributed by atoms with Crippen molar-refractivity contribution in [3.8, 4) is 0 Å². The summed E-state index contributed by atoms with van der Waals surface area (Å²) >= 11 is 0. The minimum Gasteiger partial charge on any atom is -0.462 e. The average molecular weight is 225 g/mol. The predicted octanol–water partition coefficient (Wildman–Crippen LogP) is 2.25. The summed E-state index contributed by atoms with van der Waals surface area (Å²) in [6, 6.07) is 0. The van der Waals surface area contributed by atoms with Crippen LogP contribution in [-0.2, 0) is 9.53 Å². The van der Waals surface area contributed by atoms with Crippen molar-refractivity contribution in [3.63, 3.8) is 0 Å². The third-order valence-corrected chi connectivity index (χ3v) is 4.25. The van der Waals surface area contributed by atoms with Gasteiger partial charge >= 0.3 is 5.97 Å². The molecule has 0 radical (unpaired) electrons. The Labute approximate surface area is 97.9 Å². The van der Waals surface area contributed by atoms with Crippen molar-refractivity contribution >= 4 is 5.97 Å². The van der Waals surface area contributed by atoms with Gasteiger partial charge < -0.3 is 10.1 Å². The van der Waals surface area contributed by atoms with Gasteiger partial charge in [0.2, 0.25) is 0 Å². The number of nitrogens with one attached hydrogen (secondary N) is 1. The Balaban J connectivity index is 1.94. The van der Waals surface area contributed by atoms with Crippen LogP contribution in [0, 0.1) is 5.41 Å². The van der Waals surface area contributed by atoms with E-state index in [9.17, 15) is 4.79 Å². The van der Waals surface area contributed by atoms with Gasteiger partial charge in [-0.25, -0.2) is 0 Å². The Morgan fingerprint density at radius 2 is 1.94 bits per heavy atom. The molecule has 0 spiro atoms. The lowest BCUT2D eigenvalue weighted by Crippen LogP contribution is -2.43. The number of esters is 1. The Hall–Kier alpha value is -0.570. The molecule has 1 saturated carbocycles. The van der Waals surface area contributed by atoms with Crippen LogP contribution in [0.1, 0.15) is 51.9 Å². The molecule has 3 heteroatoms. The minimum absolute atomic E-state index is 0.0726. The SMILES string of the molecule is CCC1(C(=O)OC2CCCC2)CCNCC1. The van der Waals surface area contributed by atoms with Gasteiger partial charge in [-0.1, -0.05) is 6.92 Å². The summed E-state index contributed by atoms with van der Waals surface area (Å²) < 4.78 is 5.68. The molecule has 1 N–H and O–H groups in total. The van der Waals surface area contributed by atoms with Gasteiger partial charge in [-0.05, 0) is 58.0 Å². The Morgan fingerprint density at radius 3 is 2.50 bits per heavy atom. The largest absolute Gasteiger partial charge is 0.462 e. The molecule has 0 atom stereocenters. The van der Waals surface area contributed by atoms with Gasteiger partial charge in [0.15, 0.2) is 0 Å². The molecule has 2 rings (SSSR count). The summed E-state index contributed by atoms with van der Waals surface area (Å²) in [7, 11) is 0. The highest BCUT2D eigenvalue weighted by Crippen LogP contribution is 2.35. The highest BCUT2D eigenvalue weighted by Gasteiger charge is 2.40. The van der Waals surface area contributed by atoms with E-state index in [0.717, 1.165) is 45.2 Å². The zero-order chi connectivity index (χ0) is 11.4. The Morgan fingerprint density at radius 1 is 1.31 bits per heavy atom. The van der Waals surface area contributed by atoms with E-state index < -0.39 is 0 Å². The molecule has 92 valence electrons. The highest BCUT2D eigenvalue weighted by molar-refractivity contribution is 5.77. The van der Waals surface area contributed by atoms with Crippen molar-refractivity contribution in [1.29, 1.82) is 0 Å². The van der Waals surface area contributed by atoms with Crippen molar-refractivity contribution in [2.75, 3.05) is 13.1 Å². The van der Waals surface area contributed by atoms with Crippen molar-refractivity contribution in [3.05, 3.63) is 0 Å². The van der Waals surface area contributed by atoms with Gasteiger partial charge in [-0.15, -0.1) is 0 Å². The van der Waals surface area contributed by atoms with Crippen LogP contribution in [0.2, 0.25) is 0 Å². The van der Waals surface area contributed by atoms with Crippen LogP contribution in [0.4, 0.5) is 0 Å². The first-order valence-electron chi connectivity index (χ1n) is 6.69. The second-order valence-corrected chi connectivity index (χ2v) is 5.20. The molecule has 2 aliphatic rings. The number of hydrogen-bond acceptors (Lipinski definition) is 3. The maximum absolute atomic E-state index is 12.3. The fraction of sp³-hybridized carbons (Fsp3) is 0.923. The number of carbonyl (C=O) groups is 1. The van der Waals surface area contributed by atoms with Crippen LogP contribution in [0.5, 0.6) is 0 Å². The molecule has 3 nitrogen and oxygen atoms in total. The Kier molecular flexibility index (Phi) is 3.85. The van der Waals surface area contributed by atoms with Gasteiger partial charge in [0.25, 0.3) is 0 Å². The summed E-state index contributed by atoms with van der Waals surface area (Å²) in [6.45, 7) is 4.02. The molecule has 2 fully saturated rings. The van der Waals surface area contributed by atoms with Gasteiger partial charge in [-0.3, -0.25) is 4.79 Å². The van der Waals surface area contributed by atoms with E-state index in [1.165, 1.54) is 12.8 Å². The molecule has 1 aliphatic carbocycles. The second kappa shape index (κ2) is 5.17. The fourth-order valence-electron chi connectivity index (χ4n) is 2.89. The topological polar surface area (TPSA) is 38.3 Å². The molecule has 0 bridgehead atoms. The summed E-state index contributed by atoms with van der Waals surface area (Å²) in [5, 5.41) is 3.31. The first-order chi connectivity index (χ1) is 7.77. The number of hydrogen-bond donors (Lipinski definition) is 1. The first-order valence-corrected chi connectivity index (χ1v) is 6.69. The first kappa shape index (κ1) is 11.9. The Bertz CT molecular complexity index is 240. The molecule has 1 aliphatic heterocycles. The van der Waals surface area contributed by atoms with Crippen molar-refractivity contribution in [2.24, 2.45) is 5.41 Å². The lowest BCUT2D eigenvalue weighted by atomic mass is 9.77. The molecule has 0 unspecified atom stereocenters. The van der Waals surface area contributed by atoms with E-state index in [4.69, 9.17) is 4.74 Å². The third kappa shape index (κ3) is 2.40. The zero-order valence-electron chi connectivity index (χ0n) is 10.3. The van der Waals surface area contributed by atoms with Gasteiger partial charge in [0.05, 0.1) is 5.41 Å². The monoisotopic (exact) mass is 225 g/mol. The van der Waals surface area contributed by atoms with Crippen molar-refractivity contribution < 1.29 is 9.53 Å². The molecule has 0 aromatic heterocycles. The highest BCUT2D eigenvalue weighted by atomic mass is 16.5. The molecule has 0 aromatic carbocycles. The fourth-order valence-corrected chi connectivity index (χ4v) is 2.89. The molecule has 1 heterocycles. The van der Waals surface area contributed by atoms with Gasteiger partial charge in [0.1, 0.15) is 6.10 Å². The lowest BCUT2D eigenvalue weighted by molar-refractivity contribution is -0.163. The van der Waals surface area contributed by atoms with E-state index in [1.807, 2.05) is 0 Å². The number of rotatable bonds is 3. The summed E-state index contributed by atoms with van der Waals surface area (Å²) in [4.78, 5) is 12.3. The summed E-state index contributed by atoms with van der Waals surface area (Å²) in [6.07, 6.45) is 7.60. The number of carbonyl (C=O) groups excluding carboxylic acids is 1. The van der Waals surface area contributed by atoms with Crippen LogP contribution in [-0.4, -0.2) is 25.2 Å². The number of ether oxygens (including phenoxy) is 1. The molecule has 1 saturated heterocycles. The van der Waals surface area contributed by atoms with Gasteiger partial charge in [-0.2, -0.15) is 0 Å². The standard InChI is InChI=1S/C13H23NO2/c1-2-13(7-9-14-10-8-13)12(15)16-11-5-3-4-6-11/h11,14H,2-10H2,1H3. The summed E-state index contributed by atoms with van der Waals surface area (Å²) in [5.41, 5.74) is -0.187. The average Bonchev–Trinajstić information content (AvgIpc) is 2.82. The molecular weight excluding hydrogens is 202 g/mol. The molecular formula is C13H23NO2. The number of piperidine rings is 1. The van der Waals surface area contributed by atoms with Crippen LogP contribution >= 0.6 is 0 Å². The normalized spacial score (nSPS) is 25.6. The van der Waals surface area contributed by atoms with E-state index in [1.54, 1.807) is 0 Å². The van der Waals surface area contributed by atoms with E-state index in [-0.39, 0.29) is 17.5 Å². The quantitative estimate of drug-likeness (QED) is 0.749. The van der Waals surface area contributed by atoms with Crippen molar-refractivity contribution in [2.45, 2.75) is 58.0 Å². The van der Waals surface area contributed by atoms with Crippen LogP contribution < -0.4 is 5.32 Å². The van der Waals surface area contributed by atoms with Crippen molar-refractivity contribution in [1.82, 2.24) is 5.32 Å². The van der Waals surface area contributed by atoms with E-state index >= 15 is 0 Å². The minimum atomic E-state index is -0.187. The van der Waals surface area contributed by atoms with E-state index in [2.05, 4.69) is 12.2 Å². The summed E-state index contributed by atoms with van der Waals surface area (Å²) in [5.74, 6) is 0.0726. The van der Waals surface area contributed by atoms with Gasteiger partial charge in [0, 0.05) is 0 Å². The van der Waals surface area contributed by atoms with E-state index in [0.29, 0.717) is 0 Å². The lowest BCUT2D eigenvalue weighted by Gasteiger charge is -2.35. The molecule has 16 heavy (non-hydrogen) atoms. The van der Waals surface area contributed by atoms with Crippen LogP contribution in [0.15, 0.2) is 0 Å². The third-order valence-electron chi connectivity index (χ3n) is 4.25. The van der Waals surface area contributed by atoms with Crippen LogP contribution in [0.25, 0.3) is 0 Å². The zero-order valence-corrected chi connectivity index (χ0v) is 10.3. The maximum atomic E-state index is 12.3. The van der Waals surface area contributed by atoms with Crippen LogP contribution in [0.3, 0.4) is 0 Å². The molecule has 0 amide bonds. The maximum Gasteiger partial charge on any atom is 0.312 e. The predicted molar refractivity (Wildman–Crippen MR) is 63.2 cm³/mol.